The van der Waals surface area contributed by atoms with Crippen LogP contribution < -0.4 is 20.7 Å². The minimum atomic E-state index is -4.55. The molecule has 3 unspecified atom stereocenters. The van der Waals surface area contributed by atoms with Crippen molar-refractivity contribution in [3.63, 3.8) is 0 Å². The second-order valence-electron chi connectivity index (χ2n) is 19.5. The lowest BCUT2D eigenvalue weighted by Gasteiger charge is -2.48. The van der Waals surface area contributed by atoms with Gasteiger partial charge in [-0.1, -0.05) is 82.0 Å². The van der Waals surface area contributed by atoms with E-state index in [0.29, 0.717) is 72.1 Å². The van der Waals surface area contributed by atoms with E-state index >= 15 is 4.39 Å². The number of nitrogens with one attached hydrogen (secondary N) is 3. The maximum atomic E-state index is 15.1. The lowest BCUT2D eigenvalue weighted by molar-refractivity contribution is -0.164. The zero-order valence-corrected chi connectivity index (χ0v) is 47.3. The molecule has 0 aliphatic carbocycles. The predicted octanol–water partition coefficient (Wildman–Crippen LogP) is 9.49. The first-order valence-electron chi connectivity index (χ1n) is 26.3. The topological polar surface area (TPSA) is 148 Å². The van der Waals surface area contributed by atoms with E-state index in [-0.39, 0.29) is 68.9 Å². The van der Waals surface area contributed by atoms with Crippen molar-refractivity contribution in [2.75, 3.05) is 104 Å². The Kier molecular flexibility index (Phi) is 20.8. The van der Waals surface area contributed by atoms with Gasteiger partial charge in [-0.25, -0.2) is 4.39 Å². The molecule has 8 rings (SSSR count). The van der Waals surface area contributed by atoms with E-state index in [1.165, 1.54) is 20.3 Å². The molecule has 2 fully saturated rings. The Morgan fingerprint density at radius 1 is 0.900 bits per heavy atom. The molecule has 15 nitrogen and oxygen atoms in total. The van der Waals surface area contributed by atoms with Crippen molar-refractivity contribution in [1.29, 1.82) is 0 Å². The van der Waals surface area contributed by atoms with E-state index in [9.17, 15) is 27.6 Å². The number of aromatic nitrogens is 1. The van der Waals surface area contributed by atoms with Gasteiger partial charge in [-0.3, -0.25) is 19.3 Å². The third-order valence-electron chi connectivity index (χ3n) is 14.2. The van der Waals surface area contributed by atoms with Crippen molar-refractivity contribution in [3.05, 3.63) is 135 Å². The summed E-state index contributed by atoms with van der Waals surface area (Å²) in [6, 6.07) is 27.7. The van der Waals surface area contributed by atoms with Crippen LogP contribution in [0.25, 0.3) is 21.7 Å². The Bertz CT molecular complexity index is 3190. The number of halogens is 6. The van der Waals surface area contributed by atoms with Crippen molar-refractivity contribution < 1.29 is 55.6 Å². The van der Waals surface area contributed by atoms with Gasteiger partial charge in [-0.15, -0.1) is 0 Å². The van der Waals surface area contributed by atoms with Gasteiger partial charge >= 0.3 is 12.1 Å². The van der Waals surface area contributed by atoms with Gasteiger partial charge in [-0.2, -0.15) is 13.2 Å². The zero-order valence-electron chi connectivity index (χ0n) is 44.9. The molecule has 0 bridgehead atoms. The summed E-state index contributed by atoms with van der Waals surface area (Å²) in [5.74, 6) is 4.54. The quantitative estimate of drug-likeness (QED) is 0.0243. The number of benzene rings is 5. The van der Waals surface area contributed by atoms with Crippen molar-refractivity contribution in [3.8, 4) is 17.6 Å². The van der Waals surface area contributed by atoms with Gasteiger partial charge < -0.3 is 54.0 Å². The summed E-state index contributed by atoms with van der Waals surface area (Å²) in [6.45, 7) is 2.85. The maximum Gasteiger partial charge on any atom is 0.406 e. The van der Waals surface area contributed by atoms with Gasteiger partial charge in [0.2, 0.25) is 5.91 Å². The number of methoxy groups -OCH3 is 2. The number of nitrogens with zero attached hydrogens (tertiary/aromatic N) is 4. The van der Waals surface area contributed by atoms with Crippen molar-refractivity contribution in [2.24, 2.45) is 0 Å². The molecule has 80 heavy (non-hydrogen) atoms. The number of rotatable bonds is 23. The van der Waals surface area contributed by atoms with Crippen LogP contribution in [-0.2, 0) is 41.5 Å². The normalized spacial score (nSPS) is 18.4. The van der Waals surface area contributed by atoms with E-state index in [4.69, 9.17) is 35.3 Å². The number of ether oxygens (including phenoxy) is 5. The fourth-order valence-electron chi connectivity index (χ4n) is 10.2. The summed E-state index contributed by atoms with van der Waals surface area (Å²) < 4.78 is 87.5. The van der Waals surface area contributed by atoms with Crippen LogP contribution in [0, 0.1) is 11.8 Å². The molecule has 426 valence electrons. The van der Waals surface area contributed by atoms with E-state index in [0.717, 1.165) is 25.4 Å². The fraction of sp³-hybridized carbons (Fsp3) is 0.407. The average Bonchev–Trinajstić information content (AvgIpc) is 3.89. The van der Waals surface area contributed by atoms with Gasteiger partial charge in [0.25, 0.3) is 5.91 Å². The summed E-state index contributed by atoms with van der Waals surface area (Å²) >= 11 is 9.89. The molecule has 5 aromatic carbocycles. The van der Waals surface area contributed by atoms with Gasteiger partial charge in [0, 0.05) is 52.4 Å². The molecule has 2 aliphatic heterocycles. The number of anilines is 2. The molecule has 3 heterocycles. The minimum Gasteiger partial charge on any atom is -0.495 e. The highest BCUT2D eigenvalue weighted by Crippen LogP contribution is 2.37. The highest BCUT2D eigenvalue weighted by molar-refractivity contribution is 9.10. The van der Waals surface area contributed by atoms with Crippen molar-refractivity contribution >= 4 is 78.4 Å². The largest absolute Gasteiger partial charge is 0.495 e. The Morgan fingerprint density at radius 3 is 2.41 bits per heavy atom. The van der Waals surface area contributed by atoms with E-state index in [1.54, 1.807) is 58.3 Å². The molecule has 0 radical (unpaired) electrons. The third-order valence-corrected chi connectivity index (χ3v) is 15.1. The molecule has 2 aliphatic rings. The number of carbonyl (C=O) groups is 3. The predicted molar refractivity (Wildman–Crippen MR) is 304 cm³/mol. The summed E-state index contributed by atoms with van der Waals surface area (Å²) in [5.41, 5.74) is 3.10. The summed E-state index contributed by atoms with van der Waals surface area (Å²) in [6.07, 6.45) is -5.84. The number of hydrogen-bond acceptors (Lipinski definition) is 12. The fourth-order valence-corrected chi connectivity index (χ4v) is 11.1. The molecule has 2 saturated heterocycles. The minimum absolute atomic E-state index is 0.0291. The maximum absolute atomic E-state index is 15.1. The Balaban J connectivity index is 1.05. The first-order valence-corrected chi connectivity index (χ1v) is 27.5. The van der Waals surface area contributed by atoms with Crippen LogP contribution in [0.5, 0.6) is 5.75 Å². The standard InChI is InChI=1S/C59H65BrClF4N7O8/c1-5-78-26-27-79-28-29-80-36-53(71-35-54(73)70(25-21-39-17-19-43(61)32-46(39)60)55(56(71)58(75)77-4)41-16-15-38-10-6-7-11-40(38)30-41)68-57(74)42-18-20-50(52(31-42)76-3)66-23-9-12-44-33-45-48(67-49-22-24-69(2)34-47(49)62)13-8-14-51(45)72(44)37-59(63,64)65/h6-8,10-11,13-20,30-33,47,49,53,55-56,66-67H,5,21-29,34-37H2,1-4H3,(H,68,74)/t47-,49+,53?,55?,56?/m0/s1. The van der Waals surface area contributed by atoms with Crippen LogP contribution in [0.1, 0.15) is 46.6 Å². The Hall–Kier alpha value is -6.44. The van der Waals surface area contributed by atoms with Crippen molar-refractivity contribution in [1.82, 2.24) is 24.6 Å². The number of fused-ring (bicyclic) bond motifs is 2. The number of piperazine rings is 1. The Labute approximate surface area is 476 Å². The molecule has 5 atom stereocenters. The summed E-state index contributed by atoms with van der Waals surface area (Å²) in [7, 11) is 4.54. The highest BCUT2D eigenvalue weighted by Gasteiger charge is 2.49. The molecule has 21 heteroatoms. The lowest BCUT2D eigenvalue weighted by atomic mass is 9.90. The van der Waals surface area contributed by atoms with Gasteiger partial charge in [0.05, 0.1) is 89.3 Å². The van der Waals surface area contributed by atoms with Crippen LogP contribution in [0.15, 0.2) is 108 Å². The molecule has 1 aromatic heterocycles. The van der Waals surface area contributed by atoms with Gasteiger partial charge in [0.15, 0.2) is 0 Å². The second-order valence-corrected chi connectivity index (χ2v) is 20.8. The zero-order chi connectivity index (χ0) is 56.9. The van der Waals surface area contributed by atoms with Crippen LogP contribution >= 0.6 is 27.5 Å². The van der Waals surface area contributed by atoms with Crippen LogP contribution in [-0.4, -0.2) is 161 Å². The SMILES string of the molecule is CCOCCOCCOCC(NC(=O)c1ccc(NCC#Cc2cc3c(N[C@@H]4CCN(C)C[C@@H]4F)cccc3n2CC(F)(F)F)c(OC)c1)N1CC(=O)N(CCc2ccc(Cl)cc2Br)C(c2ccc3ccccc3c2)C1C(=O)OC. The molecule has 6 aromatic rings. The molecule has 0 spiro atoms. The first-order chi connectivity index (χ1) is 38.5. The number of carbonyl (C=O) groups excluding carboxylic acids is 3. The van der Waals surface area contributed by atoms with Crippen LogP contribution in [0.2, 0.25) is 5.02 Å². The van der Waals surface area contributed by atoms with E-state index in [1.807, 2.05) is 67.4 Å². The van der Waals surface area contributed by atoms with E-state index < -0.39 is 55.1 Å². The number of piperidine rings is 1. The number of amides is 2. The number of alkyl halides is 4. The summed E-state index contributed by atoms with van der Waals surface area (Å²) in [4.78, 5) is 48.9. The molecule has 3 N–H and O–H groups in total. The number of esters is 1. The summed E-state index contributed by atoms with van der Waals surface area (Å²) in [5, 5.41) is 12.3. The highest BCUT2D eigenvalue weighted by atomic mass is 79.9. The first kappa shape index (κ1) is 59.7. The van der Waals surface area contributed by atoms with Crippen LogP contribution in [0.4, 0.5) is 28.9 Å². The second kappa shape index (κ2) is 27.8. The molecular formula is C59H65BrClF4N7O8. The molecular weight excluding hydrogens is 1130 g/mol. The number of hydrogen-bond donors (Lipinski definition) is 3. The monoisotopic (exact) mass is 1190 g/mol. The van der Waals surface area contributed by atoms with Crippen LogP contribution in [0.3, 0.4) is 0 Å². The number of likely N-dealkylation sites (tertiary alicyclic amines) is 1. The van der Waals surface area contributed by atoms with Crippen molar-refractivity contribution in [2.45, 2.75) is 62.9 Å². The molecule has 2 amide bonds. The van der Waals surface area contributed by atoms with E-state index in [2.05, 4.69) is 43.7 Å². The smallest absolute Gasteiger partial charge is 0.406 e. The Morgan fingerprint density at radius 2 is 1.68 bits per heavy atom. The third kappa shape index (κ3) is 15.1. The molecule has 0 saturated carbocycles. The van der Waals surface area contributed by atoms with Gasteiger partial charge in [0.1, 0.15) is 30.7 Å². The average molecular weight is 1190 g/mol. The lowest BCUT2D eigenvalue weighted by Crippen LogP contribution is -2.67. The van der Waals surface area contributed by atoms with Gasteiger partial charge in [-0.05, 0) is 109 Å².